The Bertz CT molecular complexity index is 381. The van der Waals surface area contributed by atoms with Crippen molar-refractivity contribution in [3.63, 3.8) is 0 Å². The molecule has 1 aliphatic heterocycles. The molecule has 0 saturated carbocycles. The number of rotatable bonds is 2. The van der Waals surface area contributed by atoms with E-state index in [2.05, 4.69) is 22.9 Å². The number of pyridine rings is 1. The molecule has 1 fully saturated rings. The zero-order valence-electron chi connectivity index (χ0n) is 10.6. The van der Waals surface area contributed by atoms with E-state index in [-0.39, 0.29) is 6.10 Å². The number of nitrogens with two attached hydrogens (primary N) is 1. The van der Waals surface area contributed by atoms with Crippen LogP contribution in [-0.4, -0.2) is 30.8 Å². The second-order valence-electron chi connectivity index (χ2n) is 4.62. The Hall–Kier alpha value is -1.13. The first-order chi connectivity index (χ1) is 8.20. The van der Waals surface area contributed by atoms with Gasteiger partial charge in [-0.2, -0.15) is 0 Å². The van der Waals surface area contributed by atoms with Crippen LogP contribution in [0.5, 0.6) is 0 Å². The van der Waals surface area contributed by atoms with Crippen molar-refractivity contribution in [2.24, 2.45) is 5.73 Å². The van der Waals surface area contributed by atoms with Crippen LogP contribution in [0.25, 0.3) is 0 Å². The molecular formula is C13H21N3O. The molecule has 0 radical (unpaired) electrons. The Kier molecular flexibility index (Phi) is 3.97. The summed E-state index contributed by atoms with van der Waals surface area (Å²) < 4.78 is 5.66. The predicted molar refractivity (Wildman–Crippen MR) is 69.1 cm³/mol. The first-order valence-electron chi connectivity index (χ1n) is 6.24. The molecule has 0 aromatic carbocycles. The second-order valence-corrected chi connectivity index (χ2v) is 4.62. The van der Waals surface area contributed by atoms with E-state index in [1.54, 1.807) is 0 Å². The van der Waals surface area contributed by atoms with Crippen LogP contribution in [-0.2, 0) is 11.3 Å². The summed E-state index contributed by atoms with van der Waals surface area (Å²) in [5.41, 5.74) is 7.94. The standard InChI is InChI=1S/C13H21N3O/c1-10-4-5-12(8-14)13(15-10)16-6-3-7-17-11(2)9-16/h4-5,11H,3,6-9,14H2,1-2H3. The largest absolute Gasteiger partial charge is 0.377 e. The number of nitrogens with zero attached hydrogens (tertiary/aromatic N) is 2. The SMILES string of the molecule is Cc1ccc(CN)c(N2CCCOC(C)C2)n1. The zero-order valence-corrected chi connectivity index (χ0v) is 10.6. The maximum atomic E-state index is 5.78. The van der Waals surface area contributed by atoms with Crippen molar-refractivity contribution < 1.29 is 4.74 Å². The topological polar surface area (TPSA) is 51.4 Å². The van der Waals surface area contributed by atoms with Crippen molar-refractivity contribution in [3.05, 3.63) is 23.4 Å². The fourth-order valence-corrected chi connectivity index (χ4v) is 2.19. The Morgan fingerprint density at radius 2 is 2.35 bits per heavy atom. The molecule has 1 unspecified atom stereocenters. The third-order valence-electron chi connectivity index (χ3n) is 3.07. The number of ether oxygens (including phenoxy) is 1. The molecule has 1 saturated heterocycles. The van der Waals surface area contributed by atoms with Crippen LogP contribution < -0.4 is 10.6 Å². The third kappa shape index (κ3) is 2.96. The van der Waals surface area contributed by atoms with Crippen LogP contribution in [0.1, 0.15) is 24.6 Å². The molecule has 94 valence electrons. The van der Waals surface area contributed by atoms with Crippen molar-refractivity contribution in [1.29, 1.82) is 0 Å². The van der Waals surface area contributed by atoms with Gasteiger partial charge in [0.2, 0.25) is 0 Å². The number of hydrogen-bond acceptors (Lipinski definition) is 4. The van der Waals surface area contributed by atoms with Crippen LogP contribution in [0.15, 0.2) is 12.1 Å². The number of anilines is 1. The van der Waals surface area contributed by atoms with Gasteiger partial charge in [0, 0.05) is 37.5 Å². The van der Waals surface area contributed by atoms with Gasteiger partial charge in [-0.3, -0.25) is 0 Å². The van der Waals surface area contributed by atoms with Gasteiger partial charge in [0.1, 0.15) is 5.82 Å². The summed E-state index contributed by atoms with van der Waals surface area (Å²) in [5.74, 6) is 1.03. The minimum atomic E-state index is 0.255. The first kappa shape index (κ1) is 12.3. The third-order valence-corrected chi connectivity index (χ3v) is 3.07. The second kappa shape index (κ2) is 5.47. The summed E-state index contributed by atoms with van der Waals surface area (Å²) in [7, 11) is 0. The fraction of sp³-hybridized carbons (Fsp3) is 0.615. The molecule has 4 heteroatoms. The van der Waals surface area contributed by atoms with Gasteiger partial charge >= 0.3 is 0 Å². The van der Waals surface area contributed by atoms with E-state index in [0.29, 0.717) is 6.54 Å². The Morgan fingerprint density at radius 1 is 1.53 bits per heavy atom. The van der Waals surface area contributed by atoms with Gasteiger partial charge in [-0.1, -0.05) is 6.07 Å². The van der Waals surface area contributed by atoms with Crippen molar-refractivity contribution in [2.45, 2.75) is 32.9 Å². The average molecular weight is 235 g/mol. The normalized spacial score (nSPS) is 21.4. The lowest BCUT2D eigenvalue weighted by Gasteiger charge is -2.25. The van der Waals surface area contributed by atoms with Crippen molar-refractivity contribution in [2.75, 3.05) is 24.6 Å². The van der Waals surface area contributed by atoms with E-state index in [0.717, 1.165) is 43.2 Å². The van der Waals surface area contributed by atoms with Gasteiger partial charge < -0.3 is 15.4 Å². The molecule has 2 N–H and O–H groups in total. The van der Waals surface area contributed by atoms with E-state index < -0.39 is 0 Å². The van der Waals surface area contributed by atoms with Crippen LogP contribution in [0.4, 0.5) is 5.82 Å². The Morgan fingerprint density at radius 3 is 3.12 bits per heavy atom. The predicted octanol–water partition coefficient (Wildman–Crippen LogP) is 1.46. The van der Waals surface area contributed by atoms with Gasteiger partial charge in [0.15, 0.2) is 0 Å². The Balaban J connectivity index is 2.27. The van der Waals surface area contributed by atoms with Crippen molar-refractivity contribution in [1.82, 2.24) is 4.98 Å². The molecular weight excluding hydrogens is 214 g/mol. The number of hydrogen-bond donors (Lipinski definition) is 1. The molecule has 17 heavy (non-hydrogen) atoms. The van der Waals surface area contributed by atoms with Crippen LogP contribution >= 0.6 is 0 Å². The Labute approximate surface area is 103 Å². The van der Waals surface area contributed by atoms with Crippen molar-refractivity contribution >= 4 is 5.82 Å². The zero-order chi connectivity index (χ0) is 12.3. The van der Waals surface area contributed by atoms with E-state index in [1.165, 1.54) is 0 Å². The van der Waals surface area contributed by atoms with Crippen LogP contribution in [0.2, 0.25) is 0 Å². The molecule has 4 nitrogen and oxygen atoms in total. The number of aromatic nitrogens is 1. The van der Waals surface area contributed by atoms with Crippen LogP contribution in [0.3, 0.4) is 0 Å². The summed E-state index contributed by atoms with van der Waals surface area (Å²) in [4.78, 5) is 6.93. The highest BCUT2D eigenvalue weighted by Gasteiger charge is 2.18. The van der Waals surface area contributed by atoms with E-state index in [1.807, 2.05) is 13.0 Å². The summed E-state index contributed by atoms with van der Waals surface area (Å²) in [6.07, 6.45) is 1.30. The molecule has 1 aromatic rings. The molecule has 0 bridgehead atoms. The highest BCUT2D eigenvalue weighted by atomic mass is 16.5. The molecule has 0 amide bonds. The molecule has 0 spiro atoms. The smallest absolute Gasteiger partial charge is 0.133 e. The summed E-state index contributed by atoms with van der Waals surface area (Å²) in [5, 5.41) is 0. The van der Waals surface area contributed by atoms with Gasteiger partial charge in [0.05, 0.1) is 6.10 Å². The molecule has 1 atom stereocenters. The highest BCUT2D eigenvalue weighted by Crippen LogP contribution is 2.20. The lowest BCUT2D eigenvalue weighted by atomic mass is 10.2. The molecule has 1 aromatic heterocycles. The molecule has 2 heterocycles. The van der Waals surface area contributed by atoms with Crippen molar-refractivity contribution in [3.8, 4) is 0 Å². The maximum Gasteiger partial charge on any atom is 0.133 e. The van der Waals surface area contributed by atoms with Gasteiger partial charge in [-0.05, 0) is 26.3 Å². The van der Waals surface area contributed by atoms with Crippen LogP contribution in [0, 0.1) is 6.92 Å². The summed E-state index contributed by atoms with van der Waals surface area (Å²) in [6, 6.07) is 4.09. The lowest BCUT2D eigenvalue weighted by molar-refractivity contribution is 0.0820. The molecule has 1 aliphatic rings. The first-order valence-corrected chi connectivity index (χ1v) is 6.24. The van der Waals surface area contributed by atoms with Gasteiger partial charge in [-0.15, -0.1) is 0 Å². The molecule has 2 rings (SSSR count). The van der Waals surface area contributed by atoms with Gasteiger partial charge in [-0.25, -0.2) is 4.98 Å². The molecule has 0 aliphatic carbocycles. The van der Waals surface area contributed by atoms with E-state index in [9.17, 15) is 0 Å². The lowest BCUT2D eigenvalue weighted by Crippen LogP contribution is -2.32. The maximum absolute atomic E-state index is 5.78. The average Bonchev–Trinajstić information content (AvgIpc) is 2.54. The quantitative estimate of drug-likeness (QED) is 0.843. The monoisotopic (exact) mass is 235 g/mol. The van der Waals surface area contributed by atoms with E-state index in [4.69, 9.17) is 10.5 Å². The minimum absolute atomic E-state index is 0.255. The van der Waals surface area contributed by atoms with Gasteiger partial charge in [0.25, 0.3) is 0 Å². The highest BCUT2D eigenvalue weighted by molar-refractivity contribution is 5.48. The van der Waals surface area contributed by atoms with E-state index >= 15 is 0 Å². The summed E-state index contributed by atoms with van der Waals surface area (Å²) >= 11 is 0. The summed E-state index contributed by atoms with van der Waals surface area (Å²) in [6.45, 7) is 7.38. The fourth-order valence-electron chi connectivity index (χ4n) is 2.19. The number of aryl methyl sites for hydroxylation is 1. The minimum Gasteiger partial charge on any atom is -0.377 e.